The highest BCUT2D eigenvalue weighted by molar-refractivity contribution is 7.86. The number of nitrogens with zero attached hydrogens (tertiary/aromatic N) is 2. The fraction of sp³-hybridized carbons (Fsp3) is 1.00. The van der Waals surface area contributed by atoms with E-state index in [1.807, 2.05) is 34.6 Å². The van der Waals surface area contributed by atoms with Crippen molar-refractivity contribution in [3.05, 3.63) is 0 Å². The van der Waals surface area contributed by atoms with Gasteiger partial charge in [-0.05, 0) is 31.2 Å². The Labute approximate surface area is 125 Å². The molecule has 0 aromatic heterocycles. The summed E-state index contributed by atoms with van der Waals surface area (Å²) < 4.78 is 28.8. The van der Waals surface area contributed by atoms with Gasteiger partial charge in [0, 0.05) is 26.2 Å². The second kappa shape index (κ2) is 8.97. The lowest BCUT2D eigenvalue weighted by molar-refractivity contribution is 0.248. The van der Waals surface area contributed by atoms with Crippen LogP contribution in [-0.4, -0.2) is 49.8 Å². The lowest BCUT2D eigenvalue weighted by atomic mass is 9.94. The SMILES string of the molecule is CCCN(CCC)S(=O)(=O)N(CCC)CC(C)(C)CN. The lowest BCUT2D eigenvalue weighted by Gasteiger charge is -2.34. The average Bonchev–Trinajstić information content (AvgIpc) is 2.38. The Morgan fingerprint density at radius 1 is 0.900 bits per heavy atom. The van der Waals surface area contributed by atoms with Crippen molar-refractivity contribution in [3.8, 4) is 0 Å². The second-order valence-corrected chi connectivity index (χ2v) is 8.04. The van der Waals surface area contributed by atoms with Crippen molar-refractivity contribution < 1.29 is 8.42 Å². The Balaban J connectivity index is 5.20. The number of hydrogen-bond acceptors (Lipinski definition) is 3. The topological polar surface area (TPSA) is 66.6 Å². The summed E-state index contributed by atoms with van der Waals surface area (Å²) in [6.07, 6.45) is 2.48. The van der Waals surface area contributed by atoms with Crippen LogP contribution in [-0.2, 0) is 10.2 Å². The first-order valence-electron chi connectivity index (χ1n) is 7.70. The summed E-state index contributed by atoms with van der Waals surface area (Å²) in [6.45, 7) is 12.7. The van der Waals surface area contributed by atoms with E-state index in [1.165, 1.54) is 0 Å². The summed E-state index contributed by atoms with van der Waals surface area (Å²) in [6, 6.07) is 0. The highest BCUT2D eigenvalue weighted by Gasteiger charge is 2.32. The lowest BCUT2D eigenvalue weighted by Crippen LogP contribution is -2.49. The van der Waals surface area contributed by atoms with Gasteiger partial charge in [-0.1, -0.05) is 34.6 Å². The van der Waals surface area contributed by atoms with Gasteiger partial charge in [-0.15, -0.1) is 0 Å². The minimum absolute atomic E-state index is 0.202. The van der Waals surface area contributed by atoms with Crippen molar-refractivity contribution in [3.63, 3.8) is 0 Å². The smallest absolute Gasteiger partial charge is 0.281 e. The van der Waals surface area contributed by atoms with Gasteiger partial charge >= 0.3 is 0 Å². The van der Waals surface area contributed by atoms with Crippen LogP contribution in [0.1, 0.15) is 53.9 Å². The fourth-order valence-corrected chi connectivity index (χ4v) is 4.15. The molecule has 0 radical (unpaired) electrons. The minimum atomic E-state index is -3.38. The van der Waals surface area contributed by atoms with Gasteiger partial charge in [0.1, 0.15) is 0 Å². The molecule has 0 aromatic rings. The molecule has 20 heavy (non-hydrogen) atoms. The van der Waals surface area contributed by atoms with Gasteiger partial charge in [-0.25, -0.2) is 0 Å². The van der Waals surface area contributed by atoms with Crippen molar-refractivity contribution in [2.45, 2.75) is 53.9 Å². The monoisotopic (exact) mass is 307 g/mol. The van der Waals surface area contributed by atoms with Crippen molar-refractivity contribution in [1.29, 1.82) is 0 Å². The average molecular weight is 308 g/mol. The first-order valence-corrected chi connectivity index (χ1v) is 9.10. The van der Waals surface area contributed by atoms with Crippen molar-refractivity contribution in [1.82, 2.24) is 8.61 Å². The maximum Gasteiger partial charge on any atom is 0.281 e. The summed E-state index contributed by atoms with van der Waals surface area (Å²) in [5.74, 6) is 0. The molecule has 6 heteroatoms. The number of nitrogens with two attached hydrogens (primary N) is 1. The number of hydrogen-bond donors (Lipinski definition) is 1. The van der Waals surface area contributed by atoms with Crippen LogP contribution in [0.3, 0.4) is 0 Å². The molecule has 0 aromatic carbocycles. The van der Waals surface area contributed by atoms with Gasteiger partial charge in [-0.2, -0.15) is 17.0 Å². The van der Waals surface area contributed by atoms with Gasteiger partial charge in [0.2, 0.25) is 0 Å². The van der Waals surface area contributed by atoms with E-state index in [1.54, 1.807) is 8.61 Å². The maximum atomic E-state index is 12.8. The molecular formula is C14H33N3O2S. The maximum absolute atomic E-state index is 12.8. The molecule has 0 fully saturated rings. The third kappa shape index (κ3) is 6.08. The summed E-state index contributed by atoms with van der Waals surface area (Å²) in [7, 11) is -3.38. The van der Waals surface area contributed by atoms with E-state index in [0.29, 0.717) is 32.7 Å². The standard InChI is InChI=1S/C14H33N3O2S/c1-6-9-16(10-7-2)20(18,19)17(11-8-3)13-14(4,5)12-15/h6-13,15H2,1-5H3. The zero-order chi connectivity index (χ0) is 15.8. The van der Waals surface area contributed by atoms with Crippen LogP contribution in [0, 0.1) is 5.41 Å². The third-order valence-electron chi connectivity index (χ3n) is 3.23. The quantitative estimate of drug-likeness (QED) is 0.635. The molecule has 0 heterocycles. The number of rotatable bonds is 11. The van der Waals surface area contributed by atoms with Crippen LogP contribution in [0.2, 0.25) is 0 Å². The molecule has 0 amide bonds. The summed E-state index contributed by atoms with van der Waals surface area (Å²) in [5, 5.41) is 0. The van der Waals surface area contributed by atoms with Gasteiger partial charge in [0.25, 0.3) is 10.2 Å². The normalized spacial score (nSPS) is 13.4. The van der Waals surface area contributed by atoms with Crippen molar-refractivity contribution in [2.24, 2.45) is 11.1 Å². The molecule has 122 valence electrons. The molecule has 5 nitrogen and oxygen atoms in total. The Hall–Kier alpha value is -0.170. The van der Waals surface area contributed by atoms with E-state index in [4.69, 9.17) is 5.73 Å². The van der Waals surface area contributed by atoms with Crippen LogP contribution in [0.25, 0.3) is 0 Å². The molecule has 0 saturated heterocycles. The molecule has 0 rings (SSSR count). The molecule has 0 aliphatic heterocycles. The van der Waals surface area contributed by atoms with Crippen LogP contribution >= 0.6 is 0 Å². The van der Waals surface area contributed by atoms with E-state index in [-0.39, 0.29) is 5.41 Å². The molecule has 0 aliphatic carbocycles. The summed E-state index contributed by atoms with van der Waals surface area (Å²) in [4.78, 5) is 0. The van der Waals surface area contributed by atoms with Gasteiger partial charge in [-0.3, -0.25) is 0 Å². The first-order chi connectivity index (χ1) is 9.25. The zero-order valence-corrected chi connectivity index (χ0v) is 14.7. The van der Waals surface area contributed by atoms with E-state index in [9.17, 15) is 8.42 Å². The largest absolute Gasteiger partial charge is 0.330 e. The van der Waals surface area contributed by atoms with Gasteiger partial charge < -0.3 is 5.73 Å². The zero-order valence-electron chi connectivity index (χ0n) is 13.9. The molecule has 2 N–H and O–H groups in total. The Kier molecular flexibility index (Phi) is 8.90. The molecule has 0 bridgehead atoms. The highest BCUT2D eigenvalue weighted by Crippen LogP contribution is 2.20. The van der Waals surface area contributed by atoms with Crippen molar-refractivity contribution in [2.75, 3.05) is 32.7 Å². The fourth-order valence-electron chi connectivity index (χ4n) is 2.07. The Bertz CT molecular complexity index is 349. The third-order valence-corrected chi connectivity index (χ3v) is 5.21. The summed E-state index contributed by atoms with van der Waals surface area (Å²) >= 11 is 0. The van der Waals surface area contributed by atoms with Crippen LogP contribution in [0.15, 0.2) is 0 Å². The van der Waals surface area contributed by atoms with E-state index in [0.717, 1.165) is 19.3 Å². The minimum Gasteiger partial charge on any atom is -0.330 e. The predicted molar refractivity (Wildman–Crippen MR) is 85.8 cm³/mol. The van der Waals surface area contributed by atoms with Crippen LogP contribution in [0.5, 0.6) is 0 Å². The molecule has 0 unspecified atom stereocenters. The Morgan fingerprint density at radius 3 is 1.65 bits per heavy atom. The molecule has 0 atom stereocenters. The summed E-state index contributed by atoms with van der Waals surface area (Å²) in [5.41, 5.74) is 5.55. The predicted octanol–water partition coefficient (Wildman–Crippen LogP) is 2.05. The van der Waals surface area contributed by atoms with E-state index in [2.05, 4.69) is 0 Å². The first kappa shape index (κ1) is 19.8. The van der Waals surface area contributed by atoms with Gasteiger partial charge in [0.05, 0.1) is 0 Å². The molecule has 0 saturated carbocycles. The Morgan fingerprint density at radius 2 is 1.30 bits per heavy atom. The second-order valence-electron chi connectivity index (χ2n) is 6.11. The van der Waals surface area contributed by atoms with E-state index >= 15 is 0 Å². The molecular weight excluding hydrogens is 274 g/mol. The van der Waals surface area contributed by atoms with E-state index < -0.39 is 10.2 Å². The van der Waals surface area contributed by atoms with Crippen LogP contribution < -0.4 is 5.73 Å². The molecule has 0 aliphatic rings. The van der Waals surface area contributed by atoms with Gasteiger partial charge in [0.15, 0.2) is 0 Å². The molecule has 0 spiro atoms. The highest BCUT2D eigenvalue weighted by atomic mass is 32.2. The van der Waals surface area contributed by atoms with Crippen LogP contribution in [0.4, 0.5) is 0 Å². The van der Waals surface area contributed by atoms with Crippen molar-refractivity contribution >= 4 is 10.2 Å².